The Morgan fingerprint density at radius 1 is 0.636 bits per heavy atom. The number of nitrogens with one attached hydrogen (secondary N) is 8. The largest absolute Gasteiger partial charge is 0.508 e. The summed E-state index contributed by atoms with van der Waals surface area (Å²) in [6.45, 7) is 11.3. The lowest BCUT2D eigenvalue weighted by Gasteiger charge is -2.48. The number of aliphatic carboxylic acids is 1. The molecule has 33 nitrogen and oxygen atoms in total. The third-order valence-electron chi connectivity index (χ3n) is 21.9. The van der Waals surface area contributed by atoms with E-state index in [1.54, 1.807) is 13.8 Å². The smallest absolute Gasteiger partial charge is 0.330 e. The van der Waals surface area contributed by atoms with Gasteiger partial charge in [-0.3, -0.25) is 33.6 Å². The van der Waals surface area contributed by atoms with Crippen molar-refractivity contribution >= 4 is 70.5 Å². The van der Waals surface area contributed by atoms with Crippen LogP contribution in [0.1, 0.15) is 209 Å². The molecule has 20 N–H and O–H groups in total. The van der Waals surface area contributed by atoms with E-state index < -0.39 is 231 Å². The molecule has 644 valence electrons. The molecule has 2 fully saturated rings. The number of carbonyl (C=O) groups is 8. The van der Waals surface area contributed by atoms with Gasteiger partial charge in [0.15, 0.2) is 29.9 Å². The molecule has 12 rings (SSSR count). The highest BCUT2D eigenvalue weighted by molar-refractivity contribution is 6.32. The number of aromatic hydroxyl groups is 3. The van der Waals surface area contributed by atoms with E-state index in [2.05, 4.69) is 56.4 Å². The molecule has 7 amide bonds. The Bertz CT molecular complexity index is 4410. The van der Waals surface area contributed by atoms with Crippen molar-refractivity contribution in [3.8, 4) is 57.1 Å². The molecule has 0 saturated carbocycles. The number of rotatable bonds is 30. The van der Waals surface area contributed by atoms with Crippen molar-refractivity contribution in [1.29, 1.82) is 0 Å². The van der Waals surface area contributed by atoms with Crippen LogP contribution in [-0.2, 0) is 52.6 Å². The quantitative estimate of drug-likeness (QED) is 0.0215. The minimum absolute atomic E-state index is 0.0800. The highest BCUT2D eigenvalue weighted by atomic mass is 35.5. The molecule has 7 aliphatic rings. The molecule has 0 aliphatic carbocycles. The average molecular weight is 1690 g/mol. The van der Waals surface area contributed by atoms with Crippen LogP contribution in [0.4, 0.5) is 0 Å². The maximum absolute atomic E-state index is 16.3. The van der Waals surface area contributed by atoms with Gasteiger partial charge < -0.3 is 128 Å². The highest BCUT2D eigenvalue weighted by Gasteiger charge is 2.52. The van der Waals surface area contributed by atoms with Crippen LogP contribution in [-0.4, -0.2) is 197 Å². The van der Waals surface area contributed by atoms with Crippen LogP contribution < -0.4 is 62.5 Å². The Labute approximate surface area is 692 Å². The molecule has 35 heteroatoms. The van der Waals surface area contributed by atoms with Gasteiger partial charge in [0, 0.05) is 34.7 Å². The fourth-order valence-electron chi connectivity index (χ4n) is 15.4. The van der Waals surface area contributed by atoms with Crippen molar-refractivity contribution in [1.82, 2.24) is 42.5 Å². The summed E-state index contributed by atoms with van der Waals surface area (Å²) in [5.74, 6) is -15.7. The highest BCUT2D eigenvalue weighted by Crippen LogP contribution is 2.50. The average Bonchev–Trinajstić information content (AvgIpc) is 0.767. The predicted molar refractivity (Wildman–Crippen MR) is 428 cm³/mol. The van der Waals surface area contributed by atoms with Crippen LogP contribution in [0.25, 0.3) is 11.1 Å². The van der Waals surface area contributed by atoms with Gasteiger partial charge in [-0.25, -0.2) is 4.79 Å². The molecule has 0 unspecified atom stereocenters. The summed E-state index contributed by atoms with van der Waals surface area (Å²) < 4.78 is 39.6. The Morgan fingerprint density at radius 3 is 1.81 bits per heavy atom. The van der Waals surface area contributed by atoms with E-state index in [0.717, 1.165) is 138 Å². The van der Waals surface area contributed by atoms with E-state index in [-0.39, 0.29) is 52.0 Å². The second-order valence-electron chi connectivity index (χ2n) is 31.5. The van der Waals surface area contributed by atoms with Gasteiger partial charge in [-0.1, -0.05) is 146 Å². The van der Waals surface area contributed by atoms with Crippen molar-refractivity contribution in [2.75, 3.05) is 19.7 Å². The molecule has 5 aromatic carbocycles. The number of unbranched alkanes of at least 4 members (excludes halogenated alkanes) is 12. The molecular weight excluding hydrogens is 1580 g/mol. The fourth-order valence-corrected chi connectivity index (χ4v) is 15.8. The first-order valence-electron chi connectivity index (χ1n) is 40.2. The number of halogens is 2. The molecule has 2 saturated heterocycles. The van der Waals surface area contributed by atoms with Crippen LogP contribution in [0, 0.1) is 5.92 Å². The SMILES string of the molecule is CCCCCCCCCN[C@H](CC(C)C)C(=O)N[C@H]1C(=O)N[C@@H](CC(N)=O)C(=O)N[C@H]2C(=O)N[C@H]3C(=O)N[C@H](C(=O)N[C@H](C(=O)O)c4cc(O)cc(O)c4-c4cc3ccc4O)[C@H](O)c3ccc(c(Cl)c3)Oc3cc2cc(c3O[C@@H]2O[C@H](CO)[C@@H](O)[C@H](O)[C@H]2O[C@H]2C[C@](C)(NCCCCCCCCC)[C@H](O)[C@H](C)O2)Oc2ccc(cc2Cl)[C@H]1O. The van der Waals surface area contributed by atoms with Gasteiger partial charge in [-0.05, 0) is 129 Å². The summed E-state index contributed by atoms with van der Waals surface area (Å²) in [7, 11) is 0. The first-order valence-corrected chi connectivity index (χ1v) is 41.0. The van der Waals surface area contributed by atoms with Crippen LogP contribution in [0.2, 0.25) is 10.0 Å². The molecule has 5 aromatic rings. The van der Waals surface area contributed by atoms with Crippen molar-refractivity contribution in [3.63, 3.8) is 0 Å². The number of phenolic OH excluding ortho intramolecular Hbond substituents is 3. The number of fused-ring (bicyclic) bond motifs is 15. The zero-order chi connectivity index (χ0) is 85.6. The number of phenols is 3. The molecular formula is C83H109Cl2N9O24. The van der Waals surface area contributed by atoms with E-state index in [1.165, 1.54) is 24.3 Å². The van der Waals surface area contributed by atoms with Gasteiger partial charge in [0.1, 0.15) is 89.5 Å². The second-order valence-corrected chi connectivity index (χ2v) is 32.3. The zero-order valence-electron chi connectivity index (χ0n) is 66.6. The Kier molecular flexibility index (Phi) is 31.8. The summed E-state index contributed by atoms with van der Waals surface area (Å²) in [6, 6.07) is -0.249. The number of carbonyl (C=O) groups excluding carboxylic acids is 7. The van der Waals surface area contributed by atoms with Gasteiger partial charge in [-0.2, -0.15) is 0 Å². The van der Waals surface area contributed by atoms with Crippen molar-refractivity contribution in [2.45, 2.75) is 260 Å². The first kappa shape index (κ1) is 91.1. The summed E-state index contributed by atoms with van der Waals surface area (Å²) in [4.78, 5) is 119. The van der Waals surface area contributed by atoms with Gasteiger partial charge in [-0.15, -0.1) is 0 Å². The number of hydrogen-bond acceptors (Lipinski definition) is 25. The minimum Gasteiger partial charge on any atom is -0.508 e. The van der Waals surface area contributed by atoms with Crippen LogP contribution in [0.15, 0.2) is 78.9 Å². The van der Waals surface area contributed by atoms with Crippen LogP contribution in [0.5, 0.6) is 46.0 Å². The van der Waals surface area contributed by atoms with E-state index in [4.69, 9.17) is 57.4 Å². The molecule has 11 bridgehead atoms. The molecule has 7 heterocycles. The zero-order valence-corrected chi connectivity index (χ0v) is 68.1. The molecule has 118 heavy (non-hydrogen) atoms. The molecule has 7 aliphatic heterocycles. The third kappa shape index (κ3) is 22.2. The summed E-state index contributed by atoms with van der Waals surface area (Å²) in [5, 5.41) is 138. The number of carboxylic acids is 1. The topological polar surface area (TPSA) is 517 Å². The minimum atomic E-state index is -2.35. The third-order valence-corrected chi connectivity index (χ3v) is 22.5. The number of hydrogen-bond donors (Lipinski definition) is 19. The van der Waals surface area contributed by atoms with Gasteiger partial charge in [0.2, 0.25) is 53.4 Å². The number of nitrogens with two attached hydrogens (primary N) is 1. The number of amides is 7. The van der Waals surface area contributed by atoms with Crippen LogP contribution in [0.3, 0.4) is 0 Å². The van der Waals surface area contributed by atoms with Gasteiger partial charge in [0.25, 0.3) is 0 Å². The predicted octanol–water partition coefficient (Wildman–Crippen LogP) is 6.61. The number of aliphatic hydroxyl groups is 6. The Balaban J connectivity index is 1.17. The molecule has 18 atom stereocenters. The van der Waals surface area contributed by atoms with E-state index >= 15 is 19.2 Å². The molecule has 0 spiro atoms. The lowest BCUT2D eigenvalue weighted by atomic mass is 9.84. The van der Waals surface area contributed by atoms with E-state index in [1.807, 2.05) is 13.8 Å². The van der Waals surface area contributed by atoms with Crippen molar-refractivity contribution < 1.29 is 118 Å². The molecule has 0 radical (unpaired) electrons. The summed E-state index contributed by atoms with van der Waals surface area (Å²) >= 11 is 14.4. The number of benzene rings is 5. The Hall–Kier alpha value is -9.20. The lowest BCUT2D eigenvalue weighted by Crippen LogP contribution is -2.65. The van der Waals surface area contributed by atoms with Crippen molar-refractivity contribution in [3.05, 3.63) is 117 Å². The van der Waals surface area contributed by atoms with Gasteiger partial charge in [0.05, 0.1) is 41.3 Å². The maximum Gasteiger partial charge on any atom is 0.330 e. The monoisotopic (exact) mass is 1690 g/mol. The number of carboxylic acid groups (broad SMARTS) is 1. The number of primary amides is 1. The Morgan fingerprint density at radius 2 is 1.21 bits per heavy atom. The maximum atomic E-state index is 16.3. The number of ether oxygens (including phenoxy) is 6. The summed E-state index contributed by atoms with van der Waals surface area (Å²) in [5.41, 5.74) is 2.02. The van der Waals surface area contributed by atoms with Gasteiger partial charge >= 0.3 is 5.97 Å². The van der Waals surface area contributed by atoms with E-state index in [9.17, 15) is 70.2 Å². The standard InChI is InChI=1S/C83H109Cl2N9O24/c1-7-9-11-13-15-17-19-27-87-51(29-40(3)4)75(105)93-66-68(100)43-22-25-55(49(84)31-43)114-57-33-45-34-58(72(57)118-82-73(71(103)70(102)59(39-95)116-82)117-61-38-83(6,74(104)41(5)113-61)88-28-20-18-16-14-12-10-8-2)115-56-26-23-44(32-50(56)85)69(101)67-80(110)92-65(81(111)112)48-35-46(96)36-54(98)62(48)47-30-42(21-24-53(47)97)63(77(107)94-67)91-78(108)64(45)90-76(106)52(37-60(86)99)89-79(66)109/h21-26,30-36,40-41,51-52,59,61,63-71,73-74,82,87-88,95-98,100-104H,7-20,27-29,37-39H2,1-6H3,(H2,86,99)(H,89,109)(H,90,106)(H,91,108)(H,92,110)(H,93,105)(H,94,107)(H,111,112)/t41-,51+,52-,59+,61-,63+,64+,65-,66+,67-,68+,69+,70+,71-,73+,74+,82-,83-/m0/s1. The van der Waals surface area contributed by atoms with Crippen LogP contribution >= 0.6 is 23.2 Å². The fraction of sp³-hybridized carbons (Fsp3) is 0.542. The second kappa shape index (κ2) is 41.2. The molecule has 0 aromatic heterocycles. The first-order chi connectivity index (χ1) is 56.2. The van der Waals surface area contributed by atoms with Crippen molar-refractivity contribution in [2.24, 2.45) is 11.7 Å². The van der Waals surface area contributed by atoms with E-state index in [0.29, 0.717) is 19.5 Å². The number of aliphatic hydroxyl groups excluding tert-OH is 6. The normalized spacial score (nSPS) is 26.9. The lowest BCUT2D eigenvalue weighted by molar-refractivity contribution is -0.334. The summed E-state index contributed by atoms with van der Waals surface area (Å²) in [6.07, 6.45) is -4.10.